The Labute approximate surface area is 152 Å². The Morgan fingerprint density at radius 2 is 1.73 bits per heavy atom. The predicted molar refractivity (Wildman–Crippen MR) is 102 cm³/mol. The lowest BCUT2D eigenvalue weighted by Crippen LogP contribution is -2.24. The number of pyridine rings is 1. The fourth-order valence-corrected chi connectivity index (χ4v) is 3.15. The minimum atomic E-state index is -0.756. The van der Waals surface area contributed by atoms with Gasteiger partial charge in [-0.1, -0.05) is 43.2 Å². The van der Waals surface area contributed by atoms with E-state index in [2.05, 4.69) is 10.3 Å². The highest BCUT2D eigenvalue weighted by molar-refractivity contribution is 6.15. The first-order valence-electron chi connectivity index (χ1n) is 8.93. The van der Waals surface area contributed by atoms with E-state index in [0.29, 0.717) is 24.0 Å². The smallest absolute Gasteiger partial charge is 0.303 e. The Kier molecular flexibility index (Phi) is 5.79. The second-order valence-corrected chi connectivity index (χ2v) is 6.36. The van der Waals surface area contributed by atoms with Crippen LogP contribution >= 0.6 is 0 Å². The molecule has 3 aromatic rings. The molecule has 0 fully saturated rings. The van der Waals surface area contributed by atoms with Crippen LogP contribution in [0.1, 0.15) is 42.5 Å². The molecule has 1 amide bonds. The van der Waals surface area contributed by atoms with Crippen LogP contribution in [0.3, 0.4) is 0 Å². The van der Waals surface area contributed by atoms with Crippen molar-refractivity contribution in [1.29, 1.82) is 0 Å². The number of carbonyl (C=O) groups is 2. The zero-order valence-corrected chi connectivity index (χ0v) is 14.6. The summed E-state index contributed by atoms with van der Waals surface area (Å²) in [6.07, 6.45) is 5.21. The van der Waals surface area contributed by atoms with Gasteiger partial charge in [0.25, 0.3) is 5.91 Å². The Morgan fingerprint density at radius 1 is 0.962 bits per heavy atom. The van der Waals surface area contributed by atoms with Crippen LogP contribution in [0.25, 0.3) is 21.7 Å². The van der Waals surface area contributed by atoms with Gasteiger partial charge in [0.2, 0.25) is 0 Å². The molecular weight excluding hydrogens is 328 g/mol. The highest BCUT2D eigenvalue weighted by atomic mass is 16.4. The molecule has 1 aromatic heterocycles. The molecule has 134 valence electrons. The van der Waals surface area contributed by atoms with E-state index in [1.807, 2.05) is 42.5 Å². The van der Waals surface area contributed by atoms with Gasteiger partial charge in [-0.15, -0.1) is 0 Å². The Bertz CT molecular complexity index is 937. The van der Waals surface area contributed by atoms with Gasteiger partial charge in [0.15, 0.2) is 0 Å². The molecule has 0 atom stereocenters. The molecule has 0 aliphatic heterocycles. The molecule has 0 unspecified atom stereocenters. The predicted octanol–water partition coefficient (Wildman–Crippen LogP) is 4.15. The first-order valence-corrected chi connectivity index (χ1v) is 8.93. The number of fused-ring (bicyclic) bond motifs is 3. The number of amides is 1. The summed E-state index contributed by atoms with van der Waals surface area (Å²) < 4.78 is 0. The maximum absolute atomic E-state index is 12.7. The number of rotatable bonds is 8. The SMILES string of the molecule is O=C(O)CCCCCCNC(=O)c1cc2ccccc2c2cccnc12. The first-order chi connectivity index (χ1) is 12.7. The summed E-state index contributed by atoms with van der Waals surface area (Å²) in [7, 11) is 0. The van der Waals surface area contributed by atoms with Crippen molar-refractivity contribution in [2.24, 2.45) is 0 Å². The van der Waals surface area contributed by atoms with Crippen molar-refractivity contribution in [3.05, 3.63) is 54.2 Å². The van der Waals surface area contributed by atoms with E-state index < -0.39 is 5.97 Å². The van der Waals surface area contributed by atoms with Gasteiger partial charge >= 0.3 is 5.97 Å². The molecule has 1 heterocycles. The zero-order valence-electron chi connectivity index (χ0n) is 14.6. The third kappa shape index (κ3) is 4.17. The van der Waals surface area contributed by atoms with E-state index >= 15 is 0 Å². The molecule has 2 N–H and O–H groups in total. The summed E-state index contributed by atoms with van der Waals surface area (Å²) >= 11 is 0. The highest BCUT2D eigenvalue weighted by Gasteiger charge is 2.13. The number of carboxylic acid groups (broad SMARTS) is 1. The normalized spacial score (nSPS) is 10.9. The van der Waals surface area contributed by atoms with Crippen LogP contribution in [0.15, 0.2) is 48.7 Å². The number of nitrogens with zero attached hydrogens (tertiary/aromatic N) is 1. The first kappa shape index (κ1) is 17.9. The molecule has 0 radical (unpaired) electrons. The van der Waals surface area contributed by atoms with Crippen molar-refractivity contribution in [3.63, 3.8) is 0 Å². The van der Waals surface area contributed by atoms with Crippen molar-refractivity contribution in [2.45, 2.75) is 32.1 Å². The van der Waals surface area contributed by atoms with E-state index in [1.54, 1.807) is 6.20 Å². The van der Waals surface area contributed by atoms with Crippen molar-refractivity contribution >= 4 is 33.6 Å². The molecule has 26 heavy (non-hydrogen) atoms. The molecule has 0 saturated heterocycles. The number of benzene rings is 2. The maximum Gasteiger partial charge on any atom is 0.303 e. The number of hydrogen-bond donors (Lipinski definition) is 2. The molecule has 3 rings (SSSR count). The molecular formula is C21H22N2O3. The Hall–Kier alpha value is -2.95. The molecule has 0 aliphatic carbocycles. The number of aromatic nitrogens is 1. The quantitative estimate of drug-likeness (QED) is 0.472. The van der Waals surface area contributed by atoms with Crippen LogP contribution in [0.5, 0.6) is 0 Å². The molecule has 2 aromatic carbocycles. The minimum absolute atomic E-state index is 0.120. The van der Waals surface area contributed by atoms with Gasteiger partial charge in [-0.05, 0) is 35.7 Å². The Balaban J connectivity index is 1.67. The summed E-state index contributed by atoms with van der Waals surface area (Å²) in [5.41, 5.74) is 1.30. The largest absolute Gasteiger partial charge is 0.481 e. The van der Waals surface area contributed by atoms with E-state index in [0.717, 1.165) is 35.4 Å². The number of aliphatic carboxylic acids is 1. The average Bonchev–Trinajstić information content (AvgIpc) is 2.66. The summed E-state index contributed by atoms with van der Waals surface area (Å²) in [5.74, 6) is -0.876. The molecule has 0 saturated carbocycles. The van der Waals surface area contributed by atoms with Crippen LogP contribution in [-0.4, -0.2) is 28.5 Å². The van der Waals surface area contributed by atoms with Crippen molar-refractivity contribution in [2.75, 3.05) is 6.54 Å². The lowest BCUT2D eigenvalue weighted by molar-refractivity contribution is -0.137. The van der Waals surface area contributed by atoms with E-state index in [1.165, 1.54) is 0 Å². The number of carboxylic acids is 1. The topological polar surface area (TPSA) is 79.3 Å². The third-order valence-electron chi connectivity index (χ3n) is 4.46. The molecule has 5 nitrogen and oxygen atoms in total. The van der Waals surface area contributed by atoms with Gasteiger partial charge < -0.3 is 10.4 Å². The summed E-state index contributed by atoms with van der Waals surface area (Å²) in [4.78, 5) is 27.5. The number of hydrogen-bond acceptors (Lipinski definition) is 3. The maximum atomic E-state index is 12.7. The molecule has 0 aliphatic rings. The van der Waals surface area contributed by atoms with Gasteiger partial charge in [-0.2, -0.15) is 0 Å². The van der Waals surface area contributed by atoms with E-state index in [-0.39, 0.29) is 12.3 Å². The van der Waals surface area contributed by atoms with Gasteiger partial charge in [-0.3, -0.25) is 14.6 Å². The van der Waals surface area contributed by atoms with E-state index in [9.17, 15) is 9.59 Å². The minimum Gasteiger partial charge on any atom is -0.481 e. The lowest BCUT2D eigenvalue weighted by Gasteiger charge is -2.10. The molecule has 0 spiro atoms. The van der Waals surface area contributed by atoms with Gasteiger partial charge in [0.05, 0.1) is 11.1 Å². The van der Waals surface area contributed by atoms with Crippen LogP contribution in [0, 0.1) is 0 Å². The average molecular weight is 350 g/mol. The van der Waals surface area contributed by atoms with Crippen LogP contribution < -0.4 is 5.32 Å². The van der Waals surface area contributed by atoms with Gasteiger partial charge in [0, 0.05) is 24.5 Å². The van der Waals surface area contributed by atoms with E-state index in [4.69, 9.17) is 5.11 Å². The van der Waals surface area contributed by atoms with Crippen molar-refractivity contribution < 1.29 is 14.7 Å². The second kappa shape index (κ2) is 8.43. The molecule has 0 bridgehead atoms. The fourth-order valence-electron chi connectivity index (χ4n) is 3.15. The van der Waals surface area contributed by atoms with Crippen molar-refractivity contribution in [1.82, 2.24) is 10.3 Å². The number of carbonyl (C=O) groups excluding carboxylic acids is 1. The lowest BCUT2D eigenvalue weighted by atomic mass is 10.0. The van der Waals surface area contributed by atoms with Gasteiger partial charge in [-0.25, -0.2) is 0 Å². The highest BCUT2D eigenvalue weighted by Crippen LogP contribution is 2.27. The fraction of sp³-hybridized carbons (Fsp3) is 0.286. The summed E-state index contributed by atoms with van der Waals surface area (Å²) in [5, 5.41) is 14.7. The van der Waals surface area contributed by atoms with Crippen molar-refractivity contribution in [3.8, 4) is 0 Å². The third-order valence-corrected chi connectivity index (χ3v) is 4.46. The number of nitrogens with one attached hydrogen (secondary N) is 1. The summed E-state index contributed by atoms with van der Waals surface area (Å²) in [6.45, 7) is 0.576. The van der Waals surface area contributed by atoms with Crippen LogP contribution in [0.2, 0.25) is 0 Å². The number of unbranched alkanes of at least 4 members (excludes halogenated alkanes) is 3. The monoisotopic (exact) mass is 350 g/mol. The van der Waals surface area contributed by atoms with Crippen LogP contribution in [-0.2, 0) is 4.79 Å². The van der Waals surface area contributed by atoms with Crippen LogP contribution in [0.4, 0.5) is 0 Å². The molecule has 5 heteroatoms. The summed E-state index contributed by atoms with van der Waals surface area (Å²) in [6, 6.07) is 13.8. The van der Waals surface area contributed by atoms with Gasteiger partial charge in [0.1, 0.15) is 0 Å². The Morgan fingerprint density at radius 3 is 2.58 bits per heavy atom. The second-order valence-electron chi connectivity index (χ2n) is 6.36. The zero-order chi connectivity index (χ0) is 18.4. The standard InChI is InChI=1S/C21H22N2O3/c24-19(25)11-3-1-2-6-12-23-21(26)18-14-15-8-4-5-9-16(15)17-10-7-13-22-20(17)18/h4-5,7-10,13-14H,1-3,6,11-12H2,(H,23,26)(H,24,25).